The van der Waals surface area contributed by atoms with Crippen LogP contribution in [0.25, 0.3) is 11.0 Å². The number of hydrogen-bond acceptors (Lipinski definition) is 4. The van der Waals surface area contributed by atoms with Crippen molar-refractivity contribution in [2.75, 3.05) is 13.7 Å². The first-order valence-corrected chi connectivity index (χ1v) is 7.87. The highest BCUT2D eigenvalue weighted by Crippen LogP contribution is 2.30. The Balaban J connectivity index is 1.66. The molecule has 1 atom stereocenters. The zero-order valence-electron chi connectivity index (χ0n) is 14.1. The van der Waals surface area contributed by atoms with Gasteiger partial charge < -0.3 is 14.5 Å². The number of methoxy groups -OCH3 is 1. The number of para-hydroxylation sites is 1. The van der Waals surface area contributed by atoms with E-state index in [0.717, 1.165) is 35.4 Å². The van der Waals surface area contributed by atoms with Gasteiger partial charge in [0.1, 0.15) is 5.76 Å². The number of fused-ring (bicyclic) bond motifs is 1. The molecule has 0 amide bonds. The van der Waals surface area contributed by atoms with Gasteiger partial charge in [0.25, 0.3) is 0 Å². The summed E-state index contributed by atoms with van der Waals surface area (Å²) in [5, 5.41) is 8.85. The van der Waals surface area contributed by atoms with E-state index >= 15 is 0 Å². The molecule has 5 heteroatoms. The lowest BCUT2D eigenvalue weighted by Crippen LogP contribution is -2.21. The summed E-state index contributed by atoms with van der Waals surface area (Å²) in [6.45, 7) is 5.08. The molecule has 0 aliphatic heterocycles. The number of furan rings is 1. The van der Waals surface area contributed by atoms with E-state index in [4.69, 9.17) is 9.15 Å². The summed E-state index contributed by atoms with van der Waals surface area (Å²) in [5.74, 6) is 1.69. The first-order valence-electron chi connectivity index (χ1n) is 7.87. The molecule has 2 heterocycles. The van der Waals surface area contributed by atoms with Crippen LogP contribution >= 0.6 is 0 Å². The first kappa shape index (κ1) is 15.6. The summed E-state index contributed by atoms with van der Waals surface area (Å²) < 4.78 is 13.2. The molecule has 0 aliphatic rings. The lowest BCUT2D eigenvalue weighted by molar-refractivity contribution is 0.400. The second-order valence-corrected chi connectivity index (χ2v) is 5.83. The van der Waals surface area contributed by atoms with Crippen LogP contribution in [0.4, 0.5) is 0 Å². The van der Waals surface area contributed by atoms with Crippen LogP contribution in [-0.2, 0) is 13.5 Å². The summed E-state index contributed by atoms with van der Waals surface area (Å²) in [6.07, 6.45) is 2.89. The first-order chi connectivity index (χ1) is 11.1. The number of ether oxygens (including phenoxy) is 1. The fourth-order valence-corrected chi connectivity index (χ4v) is 2.74. The van der Waals surface area contributed by atoms with E-state index in [0.29, 0.717) is 0 Å². The van der Waals surface area contributed by atoms with Crippen molar-refractivity contribution in [2.45, 2.75) is 26.3 Å². The van der Waals surface area contributed by atoms with Gasteiger partial charge in [-0.3, -0.25) is 4.68 Å². The molecule has 0 radical (unpaired) electrons. The zero-order valence-corrected chi connectivity index (χ0v) is 14.1. The van der Waals surface area contributed by atoms with E-state index < -0.39 is 0 Å². The molecule has 3 aromatic rings. The Morgan fingerprint density at radius 2 is 2.22 bits per heavy atom. The van der Waals surface area contributed by atoms with Crippen LogP contribution in [-0.4, -0.2) is 23.4 Å². The third-order valence-electron chi connectivity index (χ3n) is 4.36. The van der Waals surface area contributed by atoms with Crippen LogP contribution in [0.3, 0.4) is 0 Å². The van der Waals surface area contributed by atoms with Crippen LogP contribution in [0.5, 0.6) is 5.75 Å². The van der Waals surface area contributed by atoms with E-state index in [2.05, 4.69) is 30.3 Å². The van der Waals surface area contributed by atoms with Gasteiger partial charge in [-0.2, -0.15) is 5.10 Å². The van der Waals surface area contributed by atoms with E-state index in [-0.39, 0.29) is 6.04 Å². The summed E-state index contributed by atoms with van der Waals surface area (Å²) in [7, 11) is 3.63. The Labute approximate surface area is 136 Å². The molecule has 1 unspecified atom stereocenters. The lowest BCUT2D eigenvalue weighted by atomic mass is 10.1. The van der Waals surface area contributed by atoms with Gasteiger partial charge in [-0.25, -0.2) is 0 Å². The number of nitrogens with zero attached hydrogens (tertiary/aromatic N) is 2. The van der Waals surface area contributed by atoms with Gasteiger partial charge in [-0.1, -0.05) is 12.1 Å². The fraction of sp³-hybridized carbons (Fsp3) is 0.389. The second-order valence-electron chi connectivity index (χ2n) is 5.83. The zero-order chi connectivity index (χ0) is 16.4. The number of rotatable bonds is 6. The SMILES string of the molecule is COc1cccc2cc(C(C)NCCc3cnn(C)c3C)oc12. The second kappa shape index (κ2) is 6.46. The number of benzene rings is 1. The summed E-state index contributed by atoms with van der Waals surface area (Å²) in [4.78, 5) is 0. The Hall–Kier alpha value is -2.27. The topological polar surface area (TPSA) is 52.2 Å². The third-order valence-corrected chi connectivity index (χ3v) is 4.36. The molecule has 0 bridgehead atoms. The molecule has 1 aromatic carbocycles. The van der Waals surface area contributed by atoms with Gasteiger partial charge in [-0.15, -0.1) is 0 Å². The third kappa shape index (κ3) is 3.10. The van der Waals surface area contributed by atoms with Crippen molar-refractivity contribution < 1.29 is 9.15 Å². The maximum atomic E-state index is 5.98. The fourth-order valence-electron chi connectivity index (χ4n) is 2.74. The van der Waals surface area contributed by atoms with Crippen LogP contribution in [0.1, 0.15) is 30.0 Å². The summed E-state index contributed by atoms with van der Waals surface area (Å²) in [6, 6.07) is 8.15. The molecule has 122 valence electrons. The molecule has 0 saturated heterocycles. The number of aryl methyl sites for hydroxylation is 1. The van der Waals surface area contributed by atoms with E-state index in [1.54, 1.807) is 7.11 Å². The predicted octanol–water partition coefficient (Wildman–Crippen LogP) is 3.38. The minimum absolute atomic E-state index is 0.143. The summed E-state index contributed by atoms with van der Waals surface area (Å²) >= 11 is 0. The number of nitrogens with one attached hydrogen (secondary N) is 1. The van der Waals surface area contributed by atoms with Crippen molar-refractivity contribution >= 4 is 11.0 Å². The smallest absolute Gasteiger partial charge is 0.176 e. The monoisotopic (exact) mass is 313 g/mol. The maximum Gasteiger partial charge on any atom is 0.176 e. The van der Waals surface area contributed by atoms with Gasteiger partial charge in [0, 0.05) is 18.1 Å². The minimum Gasteiger partial charge on any atom is -0.493 e. The van der Waals surface area contributed by atoms with E-state index in [1.807, 2.05) is 36.1 Å². The molecular weight excluding hydrogens is 290 g/mol. The molecule has 0 saturated carbocycles. The normalized spacial score (nSPS) is 12.7. The van der Waals surface area contributed by atoms with Gasteiger partial charge in [0.15, 0.2) is 11.3 Å². The van der Waals surface area contributed by atoms with Crippen LogP contribution in [0, 0.1) is 6.92 Å². The van der Waals surface area contributed by atoms with Crippen molar-refractivity contribution in [3.63, 3.8) is 0 Å². The van der Waals surface area contributed by atoms with E-state index in [1.165, 1.54) is 11.3 Å². The standard InChI is InChI=1S/C18H23N3O2/c1-12(19-9-8-15-11-20-21(3)13(15)2)17-10-14-6-5-7-16(22-4)18(14)23-17/h5-7,10-12,19H,8-9H2,1-4H3. The average molecular weight is 313 g/mol. The molecular formula is C18H23N3O2. The lowest BCUT2D eigenvalue weighted by Gasteiger charge is -2.11. The highest BCUT2D eigenvalue weighted by molar-refractivity contribution is 5.83. The molecule has 1 N–H and O–H groups in total. The largest absolute Gasteiger partial charge is 0.493 e. The Morgan fingerprint density at radius 1 is 1.39 bits per heavy atom. The molecule has 23 heavy (non-hydrogen) atoms. The molecule has 2 aromatic heterocycles. The highest BCUT2D eigenvalue weighted by atomic mass is 16.5. The molecule has 5 nitrogen and oxygen atoms in total. The van der Waals surface area contributed by atoms with Crippen molar-refractivity contribution in [2.24, 2.45) is 7.05 Å². The van der Waals surface area contributed by atoms with Crippen LogP contribution in [0.15, 0.2) is 34.9 Å². The van der Waals surface area contributed by atoms with E-state index in [9.17, 15) is 0 Å². The summed E-state index contributed by atoms with van der Waals surface area (Å²) in [5.41, 5.74) is 3.30. The van der Waals surface area contributed by atoms with Gasteiger partial charge in [-0.05, 0) is 44.5 Å². The highest BCUT2D eigenvalue weighted by Gasteiger charge is 2.14. The van der Waals surface area contributed by atoms with Crippen LogP contribution in [0.2, 0.25) is 0 Å². The molecule has 3 rings (SSSR count). The van der Waals surface area contributed by atoms with Gasteiger partial charge >= 0.3 is 0 Å². The quantitative estimate of drug-likeness (QED) is 0.758. The number of hydrogen-bond donors (Lipinski definition) is 1. The van der Waals surface area contributed by atoms with Crippen LogP contribution < -0.4 is 10.1 Å². The maximum absolute atomic E-state index is 5.98. The Kier molecular flexibility index (Phi) is 4.39. The van der Waals surface area contributed by atoms with Crippen molar-refractivity contribution in [3.8, 4) is 5.75 Å². The molecule has 0 fully saturated rings. The molecule has 0 spiro atoms. The average Bonchev–Trinajstić information content (AvgIpc) is 3.12. The minimum atomic E-state index is 0.143. The predicted molar refractivity (Wildman–Crippen MR) is 90.8 cm³/mol. The van der Waals surface area contributed by atoms with Crippen molar-refractivity contribution in [3.05, 3.63) is 47.5 Å². The van der Waals surface area contributed by atoms with Gasteiger partial charge in [0.05, 0.1) is 19.3 Å². The van der Waals surface area contributed by atoms with Crippen molar-refractivity contribution in [1.82, 2.24) is 15.1 Å². The van der Waals surface area contributed by atoms with Gasteiger partial charge in [0.2, 0.25) is 0 Å². The van der Waals surface area contributed by atoms with Crippen molar-refractivity contribution in [1.29, 1.82) is 0 Å². The Morgan fingerprint density at radius 3 is 2.91 bits per heavy atom. The Bertz CT molecular complexity index is 804. The molecule has 0 aliphatic carbocycles. The number of aromatic nitrogens is 2.